The van der Waals surface area contributed by atoms with Crippen molar-refractivity contribution in [3.05, 3.63) is 0 Å². The quantitative estimate of drug-likeness (QED) is 0.306. The first-order valence-corrected chi connectivity index (χ1v) is 1.08. The summed E-state index contributed by atoms with van der Waals surface area (Å²) in [6.07, 6.45) is -1.83. The van der Waals surface area contributed by atoms with E-state index in [4.69, 9.17) is 14.6 Å². The van der Waals surface area contributed by atoms with Crippen molar-refractivity contribution in [1.29, 1.82) is 0 Å². The molecular formula is CBLiO4. The van der Waals surface area contributed by atoms with E-state index in [1.165, 1.54) is 0 Å². The largest absolute Gasteiger partial charge is 1.00 e. The third kappa shape index (κ3) is 10.7. The van der Waals surface area contributed by atoms with Crippen LogP contribution in [0.25, 0.3) is 0 Å². The van der Waals surface area contributed by atoms with Crippen LogP contribution >= 0.6 is 0 Å². The number of carboxylic acid groups (broad SMARTS) is 1. The molecule has 0 radical (unpaired) electrons. The molecule has 6 heteroatoms. The monoisotopic (exact) mass is 94.0 g/mol. The van der Waals surface area contributed by atoms with Crippen LogP contribution in [0.5, 0.6) is 0 Å². The normalized spacial score (nSPS) is 5.14. The number of carbonyl (C=O) groups excluding carboxylic acids is 1. The van der Waals surface area contributed by atoms with E-state index in [2.05, 4.69) is 4.65 Å². The van der Waals surface area contributed by atoms with Crippen LogP contribution in [0.15, 0.2) is 0 Å². The second-order valence-electron chi connectivity index (χ2n) is 0.464. The van der Waals surface area contributed by atoms with Gasteiger partial charge in [0.15, 0.2) is 0 Å². The van der Waals surface area contributed by atoms with Crippen molar-refractivity contribution in [2.75, 3.05) is 0 Å². The third-order valence-electron chi connectivity index (χ3n) is 0.144. The van der Waals surface area contributed by atoms with Gasteiger partial charge in [-0.05, 0) is 0 Å². The van der Waals surface area contributed by atoms with Gasteiger partial charge < -0.3 is 0 Å². The molecule has 0 aromatic rings. The van der Waals surface area contributed by atoms with E-state index in [0.29, 0.717) is 0 Å². The fourth-order valence-electron chi connectivity index (χ4n) is 0.0393. The van der Waals surface area contributed by atoms with Gasteiger partial charge in [0.05, 0.1) is 0 Å². The standard InChI is InChI=1S/CHBO4.Li/c3-1(4)6-2-5;/h(H,3,4);/q;+1/p-1. The molecule has 0 aliphatic rings. The van der Waals surface area contributed by atoms with Crippen molar-refractivity contribution in [2.24, 2.45) is 0 Å². The minimum Gasteiger partial charge on any atom is 1.00 e. The minimum absolute atomic E-state index is 0. The van der Waals surface area contributed by atoms with Crippen LogP contribution in [-0.4, -0.2) is 13.5 Å². The molecule has 0 saturated carbocycles. The zero-order chi connectivity index (χ0) is 4.99. The second kappa shape index (κ2) is 5.73. The van der Waals surface area contributed by atoms with Gasteiger partial charge in [0.2, 0.25) is 0 Å². The average Bonchev–Trinajstić information content (AvgIpc) is 1.35. The molecule has 0 fully saturated rings. The topological polar surface area (TPSA) is 66.4 Å². The van der Waals surface area contributed by atoms with Crippen molar-refractivity contribution >= 4 is 13.5 Å². The summed E-state index contributed by atoms with van der Waals surface area (Å²) in [4.78, 5) is 9.03. The van der Waals surface area contributed by atoms with Crippen LogP contribution in [0.4, 0.5) is 4.79 Å². The second-order valence-corrected chi connectivity index (χ2v) is 0.464. The molecule has 0 saturated heterocycles. The van der Waals surface area contributed by atoms with E-state index in [1.54, 1.807) is 0 Å². The Morgan fingerprint density at radius 1 is 1.71 bits per heavy atom. The van der Waals surface area contributed by atoms with Crippen molar-refractivity contribution in [2.45, 2.75) is 0 Å². The first-order chi connectivity index (χ1) is 2.77. The fraction of sp³-hybridized carbons (Fsp3) is 0. The molecule has 7 heavy (non-hydrogen) atoms. The predicted octanol–water partition coefficient (Wildman–Crippen LogP) is -4.69. The van der Waals surface area contributed by atoms with Crippen molar-refractivity contribution in [1.82, 2.24) is 0 Å². The number of hydrogen-bond donors (Lipinski definition) is 0. The maximum absolute atomic E-state index is 9.03. The Bertz CT molecular complexity index is 72.1. The van der Waals surface area contributed by atoms with Crippen LogP contribution in [0.3, 0.4) is 0 Å². The predicted molar refractivity (Wildman–Crippen MR) is 12.9 cm³/mol. The SMILES string of the molecule is O=BOC(=O)[O-].[Li+]. The van der Waals surface area contributed by atoms with Crippen LogP contribution in [0.2, 0.25) is 0 Å². The Morgan fingerprint density at radius 2 is 2.14 bits per heavy atom. The van der Waals surface area contributed by atoms with Crippen molar-refractivity contribution in [3.63, 3.8) is 0 Å². The summed E-state index contributed by atoms with van der Waals surface area (Å²) in [7, 11) is -0.213. The zero-order valence-corrected chi connectivity index (χ0v) is 3.71. The Labute approximate surface area is 52.3 Å². The van der Waals surface area contributed by atoms with E-state index in [-0.39, 0.29) is 26.2 Å². The third-order valence-corrected chi connectivity index (χ3v) is 0.144. The van der Waals surface area contributed by atoms with Crippen LogP contribution in [0.1, 0.15) is 0 Å². The molecule has 0 rings (SSSR count). The number of hydrogen-bond acceptors (Lipinski definition) is 4. The van der Waals surface area contributed by atoms with Crippen molar-refractivity contribution < 1.29 is 38.1 Å². The Hall–Kier alpha value is -0.268. The molecule has 0 aromatic heterocycles. The number of carbonyl (C=O) groups is 1. The van der Waals surface area contributed by atoms with Gasteiger partial charge in [0, 0.05) is 0 Å². The van der Waals surface area contributed by atoms with Gasteiger partial charge in [-0.2, -0.15) is 0 Å². The van der Waals surface area contributed by atoms with E-state index in [0.717, 1.165) is 0 Å². The average molecular weight is 93.8 g/mol. The first-order valence-electron chi connectivity index (χ1n) is 1.08. The molecule has 0 aliphatic carbocycles. The molecule has 0 aliphatic heterocycles. The minimum atomic E-state index is -1.83. The van der Waals surface area contributed by atoms with E-state index < -0.39 is 6.16 Å². The van der Waals surface area contributed by atoms with Gasteiger partial charge in [0.1, 0.15) is 0 Å². The van der Waals surface area contributed by atoms with Crippen LogP contribution in [-0.2, 0) is 9.36 Å². The van der Waals surface area contributed by atoms with E-state index in [9.17, 15) is 0 Å². The molecular weight excluding hydrogens is 93.8 g/mol. The molecule has 4 nitrogen and oxygen atoms in total. The Balaban J connectivity index is 0. The van der Waals surface area contributed by atoms with E-state index in [1.807, 2.05) is 0 Å². The van der Waals surface area contributed by atoms with Crippen LogP contribution < -0.4 is 24.0 Å². The molecule has 32 valence electrons. The molecule has 0 aromatic carbocycles. The van der Waals surface area contributed by atoms with Crippen molar-refractivity contribution in [3.8, 4) is 0 Å². The molecule has 0 atom stereocenters. The Morgan fingerprint density at radius 3 is 2.14 bits per heavy atom. The van der Waals surface area contributed by atoms with Gasteiger partial charge in [0.25, 0.3) is 0 Å². The van der Waals surface area contributed by atoms with Gasteiger partial charge in [-0.1, -0.05) is 0 Å². The van der Waals surface area contributed by atoms with Gasteiger partial charge >= 0.3 is 51.6 Å². The molecule has 0 heterocycles. The summed E-state index contributed by atoms with van der Waals surface area (Å²) in [5, 5.41) is 9.03. The summed E-state index contributed by atoms with van der Waals surface area (Å²) < 4.78 is 12.1. The molecule has 0 amide bonds. The van der Waals surface area contributed by atoms with Gasteiger partial charge in [-0.25, -0.2) is 0 Å². The molecule has 0 N–H and O–H groups in total. The van der Waals surface area contributed by atoms with E-state index >= 15 is 0 Å². The summed E-state index contributed by atoms with van der Waals surface area (Å²) in [5.41, 5.74) is 0. The fourth-order valence-corrected chi connectivity index (χ4v) is 0.0393. The summed E-state index contributed by atoms with van der Waals surface area (Å²) in [5.74, 6) is 0. The maximum Gasteiger partial charge on any atom is 1.00 e. The Kier molecular flexibility index (Phi) is 8.09. The number of rotatable bonds is 1. The molecule has 0 unspecified atom stereocenters. The maximum atomic E-state index is 9.03. The van der Waals surface area contributed by atoms with Gasteiger partial charge in [-0.3, -0.25) is 0 Å². The summed E-state index contributed by atoms with van der Waals surface area (Å²) in [6.45, 7) is 0. The zero-order valence-electron chi connectivity index (χ0n) is 3.71. The smallest absolute Gasteiger partial charge is 1.00 e. The summed E-state index contributed by atoms with van der Waals surface area (Å²) in [6, 6.07) is 0. The van der Waals surface area contributed by atoms with Crippen LogP contribution in [0, 0.1) is 0 Å². The molecule has 0 spiro atoms. The molecule has 0 bridgehead atoms. The summed E-state index contributed by atoms with van der Waals surface area (Å²) >= 11 is 0. The first kappa shape index (κ1) is 9.88. The van der Waals surface area contributed by atoms with Gasteiger partial charge in [-0.15, -0.1) is 0 Å².